The fourth-order valence-corrected chi connectivity index (χ4v) is 2.72. The predicted molar refractivity (Wildman–Crippen MR) is 94.7 cm³/mol. The SMILES string of the molecule is CCCC(=O)N(Cc1c(Cl)cccc1Cl)[C@H](C)C(=O)NC(C)C. The van der Waals surface area contributed by atoms with Gasteiger partial charge in [-0.2, -0.15) is 0 Å². The molecule has 1 rings (SSSR count). The van der Waals surface area contributed by atoms with Crippen molar-refractivity contribution >= 4 is 35.0 Å². The Labute approximate surface area is 148 Å². The Hall–Kier alpha value is -1.26. The van der Waals surface area contributed by atoms with Crippen LogP contribution in [0.15, 0.2) is 18.2 Å². The van der Waals surface area contributed by atoms with Crippen molar-refractivity contribution < 1.29 is 9.59 Å². The summed E-state index contributed by atoms with van der Waals surface area (Å²) in [4.78, 5) is 26.3. The minimum Gasteiger partial charge on any atom is -0.352 e. The van der Waals surface area contributed by atoms with Gasteiger partial charge in [-0.25, -0.2) is 0 Å². The molecule has 2 amide bonds. The molecule has 0 saturated heterocycles. The molecule has 0 heterocycles. The van der Waals surface area contributed by atoms with E-state index in [4.69, 9.17) is 23.2 Å². The van der Waals surface area contributed by atoms with Gasteiger partial charge in [0, 0.05) is 34.6 Å². The summed E-state index contributed by atoms with van der Waals surface area (Å²) in [5, 5.41) is 3.81. The molecular weight excluding hydrogens is 335 g/mol. The van der Waals surface area contributed by atoms with Gasteiger partial charge in [-0.15, -0.1) is 0 Å². The number of carbonyl (C=O) groups excluding carboxylic acids is 2. The van der Waals surface area contributed by atoms with Crippen LogP contribution < -0.4 is 5.32 Å². The third kappa shape index (κ3) is 5.70. The number of halogens is 2. The van der Waals surface area contributed by atoms with Gasteiger partial charge in [-0.3, -0.25) is 9.59 Å². The van der Waals surface area contributed by atoms with Crippen LogP contribution >= 0.6 is 23.2 Å². The maximum atomic E-state index is 12.5. The van der Waals surface area contributed by atoms with E-state index in [0.29, 0.717) is 28.5 Å². The molecule has 6 heteroatoms. The molecule has 0 aliphatic carbocycles. The average molecular weight is 359 g/mol. The Bertz CT molecular complexity index is 541. The summed E-state index contributed by atoms with van der Waals surface area (Å²) < 4.78 is 0. The molecule has 0 bridgehead atoms. The molecule has 1 aromatic rings. The van der Waals surface area contributed by atoms with E-state index in [1.165, 1.54) is 4.90 Å². The van der Waals surface area contributed by atoms with Gasteiger partial charge in [0.1, 0.15) is 6.04 Å². The van der Waals surface area contributed by atoms with Crippen molar-refractivity contribution in [3.63, 3.8) is 0 Å². The lowest BCUT2D eigenvalue weighted by atomic mass is 10.1. The molecule has 0 unspecified atom stereocenters. The summed E-state index contributed by atoms with van der Waals surface area (Å²) >= 11 is 12.4. The minimum atomic E-state index is -0.594. The van der Waals surface area contributed by atoms with E-state index in [-0.39, 0.29) is 24.4 Å². The molecule has 0 radical (unpaired) electrons. The Balaban J connectivity index is 3.06. The van der Waals surface area contributed by atoms with Crippen LogP contribution in [0.25, 0.3) is 0 Å². The van der Waals surface area contributed by atoms with Crippen LogP contribution in [0.4, 0.5) is 0 Å². The molecule has 0 spiro atoms. The first-order valence-corrected chi connectivity index (χ1v) is 8.56. The topological polar surface area (TPSA) is 49.4 Å². The summed E-state index contributed by atoms with van der Waals surface area (Å²) in [6.45, 7) is 7.62. The van der Waals surface area contributed by atoms with E-state index < -0.39 is 6.04 Å². The summed E-state index contributed by atoms with van der Waals surface area (Å²) in [5.41, 5.74) is 0.657. The standard InChI is InChI=1S/C17H24Cl2N2O2/c1-5-7-16(22)21(12(4)17(23)20-11(2)3)10-13-14(18)8-6-9-15(13)19/h6,8-9,11-12H,5,7,10H2,1-4H3,(H,20,23)/t12-/m1/s1. The highest BCUT2D eigenvalue weighted by atomic mass is 35.5. The largest absolute Gasteiger partial charge is 0.352 e. The van der Waals surface area contributed by atoms with E-state index in [1.54, 1.807) is 25.1 Å². The first kappa shape index (κ1) is 19.8. The number of rotatable bonds is 7. The molecule has 1 aromatic carbocycles. The predicted octanol–water partition coefficient (Wildman–Crippen LogP) is 4.04. The second kappa shape index (κ2) is 9.14. The summed E-state index contributed by atoms with van der Waals surface area (Å²) in [6, 6.07) is 4.62. The zero-order valence-corrected chi connectivity index (χ0v) is 15.5. The minimum absolute atomic E-state index is 0.0111. The first-order valence-electron chi connectivity index (χ1n) is 7.80. The number of hydrogen-bond acceptors (Lipinski definition) is 2. The summed E-state index contributed by atoms with van der Waals surface area (Å²) in [6.07, 6.45) is 1.09. The molecule has 0 saturated carbocycles. The summed E-state index contributed by atoms with van der Waals surface area (Å²) in [7, 11) is 0. The molecule has 1 N–H and O–H groups in total. The molecule has 128 valence electrons. The number of nitrogens with one attached hydrogen (secondary N) is 1. The van der Waals surface area contributed by atoms with Crippen LogP contribution in [0.2, 0.25) is 10.0 Å². The zero-order chi connectivity index (χ0) is 17.6. The normalized spacial score (nSPS) is 12.1. The van der Waals surface area contributed by atoms with Gasteiger partial charge < -0.3 is 10.2 Å². The van der Waals surface area contributed by atoms with E-state index in [2.05, 4.69) is 5.32 Å². The quantitative estimate of drug-likeness (QED) is 0.799. The maximum Gasteiger partial charge on any atom is 0.242 e. The third-order valence-corrected chi connectivity index (χ3v) is 4.16. The molecule has 4 nitrogen and oxygen atoms in total. The highest BCUT2D eigenvalue weighted by Crippen LogP contribution is 2.26. The van der Waals surface area contributed by atoms with Gasteiger partial charge in [0.25, 0.3) is 0 Å². The van der Waals surface area contributed by atoms with E-state index in [0.717, 1.165) is 0 Å². The highest BCUT2D eigenvalue weighted by molar-refractivity contribution is 6.36. The second-order valence-electron chi connectivity index (χ2n) is 5.81. The molecule has 0 aliphatic rings. The first-order chi connectivity index (χ1) is 10.8. The Morgan fingerprint density at radius 2 is 1.74 bits per heavy atom. The van der Waals surface area contributed by atoms with Crippen molar-refractivity contribution in [2.24, 2.45) is 0 Å². The van der Waals surface area contributed by atoms with Gasteiger partial charge in [-0.05, 0) is 39.3 Å². The lowest BCUT2D eigenvalue weighted by Gasteiger charge is -2.30. The second-order valence-corrected chi connectivity index (χ2v) is 6.63. The van der Waals surface area contributed by atoms with Crippen LogP contribution in [0.5, 0.6) is 0 Å². The van der Waals surface area contributed by atoms with Crippen molar-refractivity contribution in [2.75, 3.05) is 0 Å². The monoisotopic (exact) mass is 358 g/mol. The molecule has 0 fully saturated rings. The third-order valence-electron chi connectivity index (χ3n) is 3.45. The molecule has 0 aliphatic heterocycles. The summed E-state index contributed by atoms with van der Waals surface area (Å²) in [5.74, 6) is -0.275. The fraction of sp³-hybridized carbons (Fsp3) is 0.529. The van der Waals surface area contributed by atoms with Gasteiger partial charge in [-0.1, -0.05) is 36.2 Å². The maximum absolute atomic E-state index is 12.5. The Morgan fingerprint density at radius 1 is 1.17 bits per heavy atom. The lowest BCUT2D eigenvalue weighted by molar-refractivity contribution is -0.140. The zero-order valence-electron chi connectivity index (χ0n) is 14.0. The van der Waals surface area contributed by atoms with Crippen molar-refractivity contribution in [3.05, 3.63) is 33.8 Å². The number of carbonyl (C=O) groups is 2. The number of benzene rings is 1. The van der Waals surface area contributed by atoms with Crippen molar-refractivity contribution in [1.29, 1.82) is 0 Å². The van der Waals surface area contributed by atoms with Crippen molar-refractivity contribution in [1.82, 2.24) is 10.2 Å². The molecule has 0 aromatic heterocycles. The fourth-order valence-electron chi connectivity index (χ4n) is 2.20. The lowest BCUT2D eigenvalue weighted by Crippen LogP contribution is -2.49. The average Bonchev–Trinajstić information content (AvgIpc) is 2.45. The number of hydrogen-bond donors (Lipinski definition) is 1. The van der Waals surface area contributed by atoms with Crippen LogP contribution in [0, 0.1) is 0 Å². The van der Waals surface area contributed by atoms with Crippen LogP contribution in [0.1, 0.15) is 46.1 Å². The van der Waals surface area contributed by atoms with E-state index in [9.17, 15) is 9.59 Å². The van der Waals surface area contributed by atoms with Crippen LogP contribution in [0.3, 0.4) is 0 Å². The highest BCUT2D eigenvalue weighted by Gasteiger charge is 2.27. The molecule has 1 atom stereocenters. The molecular formula is C17H24Cl2N2O2. The van der Waals surface area contributed by atoms with Crippen molar-refractivity contribution in [3.8, 4) is 0 Å². The van der Waals surface area contributed by atoms with Gasteiger partial charge in [0.15, 0.2) is 0 Å². The van der Waals surface area contributed by atoms with Gasteiger partial charge in [0.2, 0.25) is 11.8 Å². The van der Waals surface area contributed by atoms with Crippen molar-refractivity contribution in [2.45, 2.75) is 59.2 Å². The van der Waals surface area contributed by atoms with E-state index >= 15 is 0 Å². The van der Waals surface area contributed by atoms with Gasteiger partial charge in [0.05, 0.1) is 0 Å². The van der Waals surface area contributed by atoms with Crippen LogP contribution in [-0.2, 0) is 16.1 Å². The smallest absolute Gasteiger partial charge is 0.242 e. The van der Waals surface area contributed by atoms with Gasteiger partial charge >= 0.3 is 0 Å². The van der Waals surface area contributed by atoms with Crippen LogP contribution in [-0.4, -0.2) is 28.8 Å². The molecule has 23 heavy (non-hydrogen) atoms. The van der Waals surface area contributed by atoms with E-state index in [1.807, 2.05) is 20.8 Å². The number of amides is 2. The Kier molecular flexibility index (Phi) is 7.86. The Morgan fingerprint density at radius 3 is 2.22 bits per heavy atom. The number of nitrogens with zero attached hydrogens (tertiary/aromatic N) is 1.